The lowest BCUT2D eigenvalue weighted by Crippen LogP contribution is -2.48. The SMILES string of the molecule is Cc1nc2nc(C(=O)N3CCN(c4ccccc4)CC3)cn2c(-c2ccc(Cl)cc2N)c1CN. The number of hydrogen-bond acceptors (Lipinski definition) is 6. The van der Waals surface area contributed by atoms with Crippen molar-refractivity contribution >= 4 is 34.7 Å². The van der Waals surface area contributed by atoms with Crippen molar-refractivity contribution in [3.05, 3.63) is 76.7 Å². The largest absolute Gasteiger partial charge is 0.398 e. The highest BCUT2D eigenvalue weighted by atomic mass is 35.5. The zero-order valence-electron chi connectivity index (χ0n) is 18.9. The number of aryl methyl sites for hydroxylation is 1. The molecule has 0 radical (unpaired) electrons. The first kappa shape index (κ1) is 22.2. The first-order valence-electron chi connectivity index (χ1n) is 11.2. The van der Waals surface area contributed by atoms with Crippen LogP contribution in [0.3, 0.4) is 0 Å². The maximum absolute atomic E-state index is 13.3. The molecule has 34 heavy (non-hydrogen) atoms. The van der Waals surface area contributed by atoms with Gasteiger partial charge in [0.05, 0.1) is 5.69 Å². The highest BCUT2D eigenvalue weighted by Crippen LogP contribution is 2.33. The number of anilines is 2. The Balaban J connectivity index is 1.48. The molecule has 1 amide bonds. The summed E-state index contributed by atoms with van der Waals surface area (Å²) in [5.41, 5.74) is 17.6. The molecule has 2 aromatic heterocycles. The summed E-state index contributed by atoms with van der Waals surface area (Å²) in [6, 6.07) is 15.6. The minimum atomic E-state index is -0.111. The number of hydrogen-bond donors (Lipinski definition) is 2. The number of para-hydroxylation sites is 1. The van der Waals surface area contributed by atoms with Gasteiger partial charge in [-0.1, -0.05) is 29.8 Å². The molecule has 0 spiro atoms. The van der Waals surface area contributed by atoms with Crippen LogP contribution >= 0.6 is 11.6 Å². The van der Waals surface area contributed by atoms with Crippen LogP contribution in [0.4, 0.5) is 11.4 Å². The molecule has 8 nitrogen and oxygen atoms in total. The molecule has 3 heterocycles. The van der Waals surface area contributed by atoms with Gasteiger partial charge in [-0.15, -0.1) is 0 Å². The number of amides is 1. The fraction of sp³-hybridized carbons (Fsp3) is 0.240. The van der Waals surface area contributed by atoms with Crippen LogP contribution < -0.4 is 16.4 Å². The normalized spacial score (nSPS) is 14.1. The van der Waals surface area contributed by atoms with Gasteiger partial charge in [-0.25, -0.2) is 9.97 Å². The number of benzene rings is 2. The lowest BCUT2D eigenvalue weighted by molar-refractivity contribution is 0.0741. The molecule has 1 aliphatic heterocycles. The first-order chi connectivity index (χ1) is 16.5. The molecule has 0 bridgehead atoms. The number of carbonyl (C=O) groups is 1. The summed E-state index contributed by atoms with van der Waals surface area (Å²) in [5.74, 6) is 0.325. The molecule has 0 saturated carbocycles. The minimum Gasteiger partial charge on any atom is -0.398 e. The molecule has 1 aliphatic rings. The summed E-state index contributed by atoms with van der Waals surface area (Å²) in [6.45, 7) is 4.94. The molecule has 1 saturated heterocycles. The molecule has 2 aromatic carbocycles. The Morgan fingerprint density at radius 1 is 1.06 bits per heavy atom. The van der Waals surface area contributed by atoms with Crippen LogP contribution in [0.2, 0.25) is 5.02 Å². The highest BCUT2D eigenvalue weighted by molar-refractivity contribution is 6.31. The summed E-state index contributed by atoms with van der Waals surface area (Å²) in [6.07, 6.45) is 1.73. The molecule has 5 rings (SSSR count). The van der Waals surface area contributed by atoms with Crippen LogP contribution in [-0.4, -0.2) is 51.4 Å². The molecule has 0 aliphatic carbocycles. The van der Waals surface area contributed by atoms with Crippen LogP contribution in [0.25, 0.3) is 17.0 Å². The topological polar surface area (TPSA) is 106 Å². The number of fused-ring (bicyclic) bond motifs is 1. The average Bonchev–Trinajstić information content (AvgIpc) is 3.27. The lowest BCUT2D eigenvalue weighted by Gasteiger charge is -2.35. The van der Waals surface area contributed by atoms with E-state index in [1.165, 1.54) is 5.69 Å². The third-order valence-electron chi connectivity index (χ3n) is 6.30. The van der Waals surface area contributed by atoms with E-state index in [1.807, 2.05) is 40.5 Å². The van der Waals surface area contributed by atoms with Crippen LogP contribution in [0, 0.1) is 6.92 Å². The number of nitrogens with zero attached hydrogens (tertiary/aromatic N) is 5. The zero-order valence-corrected chi connectivity index (χ0v) is 19.7. The lowest BCUT2D eigenvalue weighted by atomic mass is 10.0. The first-order valence-corrected chi connectivity index (χ1v) is 11.6. The Labute approximate surface area is 202 Å². The summed E-state index contributed by atoms with van der Waals surface area (Å²) >= 11 is 6.12. The van der Waals surface area contributed by atoms with E-state index in [9.17, 15) is 4.79 Å². The fourth-order valence-corrected chi connectivity index (χ4v) is 4.69. The number of imidazole rings is 1. The van der Waals surface area contributed by atoms with E-state index in [4.69, 9.17) is 23.1 Å². The van der Waals surface area contributed by atoms with Gasteiger partial charge >= 0.3 is 0 Å². The Morgan fingerprint density at radius 2 is 1.79 bits per heavy atom. The van der Waals surface area contributed by atoms with Gasteiger partial charge in [0.2, 0.25) is 5.78 Å². The number of piperazine rings is 1. The second-order valence-corrected chi connectivity index (χ2v) is 8.81. The molecule has 1 fully saturated rings. The minimum absolute atomic E-state index is 0.111. The Bertz CT molecular complexity index is 1360. The quantitative estimate of drug-likeness (QED) is 0.438. The van der Waals surface area contributed by atoms with E-state index in [1.54, 1.807) is 18.3 Å². The van der Waals surface area contributed by atoms with E-state index in [0.29, 0.717) is 35.3 Å². The van der Waals surface area contributed by atoms with E-state index >= 15 is 0 Å². The van der Waals surface area contributed by atoms with Gasteiger partial charge in [-0.2, -0.15) is 0 Å². The van der Waals surface area contributed by atoms with Crippen LogP contribution in [0.5, 0.6) is 0 Å². The smallest absolute Gasteiger partial charge is 0.274 e. The van der Waals surface area contributed by atoms with Gasteiger partial charge in [-0.3, -0.25) is 9.20 Å². The van der Waals surface area contributed by atoms with E-state index < -0.39 is 0 Å². The molecular weight excluding hydrogens is 450 g/mol. The van der Waals surface area contributed by atoms with Crippen molar-refractivity contribution in [3.8, 4) is 11.3 Å². The second-order valence-electron chi connectivity index (χ2n) is 8.37. The van der Waals surface area contributed by atoms with Crippen molar-refractivity contribution in [1.29, 1.82) is 0 Å². The van der Waals surface area contributed by atoms with Crippen molar-refractivity contribution in [2.24, 2.45) is 5.73 Å². The highest BCUT2D eigenvalue weighted by Gasteiger charge is 2.26. The van der Waals surface area contributed by atoms with Crippen molar-refractivity contribution < 1.29 is 4.79 Å². The summed E-state index contributed by atoms with van der Waals surface area (Å²) in [4.78, 5) is 26.7. The third kappa shape index (κ3) is 3.95. The van der Waals surface area contributed by atoms with Gasteiger partial charge in [0.15, 0.2) is 0 Å². The predicted octanol–water partition coefficient (Wildman–Crippen LogP) is 3.36. The maximum atomic E-state index is 13.3. The van der Waals surface area contributed by atoms with Crippen molar-refractivity contribution in [2.45, 2.75) is 13.5 Å². The van der Waals surface area contributed by atoms with E-state index in [2.05, 4.69) is 27.0 Å². The summed E-state index contributed by atoms with van der Waals surface area (Å²) in [7, 11) is 0. The van der Waals surface area contributed by atoms with Gasteiger partial charge in [0.1, 0.15) is 5.69 Å². The molecule has 174 valence electrons. The number of carbonyl (C=O) groups excluding carboxylic acids is 1. The number of aromatic nitrogens is 3. The van der Waals surface area contributed by atoms with Crippen LogP contribution in [0.15, 0.2) is 54.7 Å². The Morgan fingerprint density at radius 3 is 2.47 bits per heavy atom. The van der Waals surface area contributed by atoms with Gasteiger partial charge in [0, 0.05) is 72.1 Å². The molecule has 0 atom stereocenters. The molecule has 0 unspecified atom stereocenters. The van der Waals surface area contributed by atoms with Crippen molar-refractivity contribution in [3.63, 3.8) is 0 Å². The predicted molar refractivity (Wildman–Crippen MR) is 135 cm³/mol. The molecular formula is C25H26ClN7O. The van der Waals surface area contributed by atoms with Crippen LogP contribution in [-0.2, 0) is 6.54 Å². The standard InChI is InChI=1S/C25H26ClN7O/c1-16-20(14-27)23(19-8-7-17(26)13-21(19)28)33-15-22(30-25(33)29-16)24(34)32-11-9-31(10-12-32)18-5-3-2-4-6-18/h2-8,13,15H,9-12,14,27-28H2,1H3. The molecule has 4 N–H and O–H groups in total. The zero-order chi connectivity index (χ0) is 23.8. The fourth-order valence-electron chi connectivity index (χ4n) is 4.51. The Hall–Kier alpha value is -3.62. The third-order valence-corrected chi connectivity index (χ3v) is 6.53. The van der Waals surface area contributed by atoms with Gasteiger partial charge in [-0.05, 0) is 37.3 Å². The van der Waals surface area contributed by atoms with Gasteiger partial charge in [0.25, 0.3) is 5.91 Å². The molecule has 4 aromatic rings. The second kappa shape index (κ2) is 8.96. The number of nitrogen functional groups attached to an aromatic ring is 1. The van der Waals surface area contributed by atoms with Crippen molar-refractivity contribution in [1.82, 2.24) is 19.3 Å². The van der Waals surface area contributed by atoms with Crippen LogP contribution in [0.1, 0.15) is 21.7 Å². The number of rotatable bonds is 4. The number of halogens is 1. The summed E-state index contributed by atoms with van der Waals surface area (Å²) < 4.78 is 1.81. The summed E-state index contributed by atoms with van der Waals surface area (Å²) in [5, 5.41) is 0.550. The molecule has 9 heteroatoms. The monoisotopic (exact) mass is 475 g/mol. The van der Waals surface area contributed by atoms with E-state index in [0.717, 1.165) is 35.6 Å². The average molecular weight is 476 g/mol. The number of nitrogens with two attached hydrogens (primary N) is 2. The van der Waals surface area contributed by atoms with Crippen molar-refractivity contribution in [2.75, 3.05) is 36.8 Å². The van der Waals surface area contributed by atoms with Gasteiger partial charge < -0.3 is 21.3 Å². The Kier molecular flexibility index (Phi) is 5.85. The van der Waals surface area contributed by atoms with E-state index in [-0.39, 0.29) is 12.5 Å². The maximum Gasteiger partial charge on any atom is 0.274 e.